The maximum atomic E-state index is 12.1. The highest BCUT2D eigenvalue weighted by Gasteiger charge is 2.12. The van der Waals surface area contributed by atoms with Crippen molar-refractivity contribution in [2.24, 2.45) is 0 Å². The first-order valence-electron chi connectivity index (χ1n) is 5.86. The van der Waals surface area contributed by atoms with E-state index in [2.05, 4.69) is 10.3 Å². The number of aryl methyl sites for hydroxylation is 2. The first-order valence-corrected chi connectivity index (χ1v) is 6.68. The standard InChI is InChI=1S/C14H12N2O2S/c1-8-11(5-6-18-8)14(17)16-10-3-4-12-13(7-10)19-9(2)15-12/h3-7H,1-2H3,(H,16,17). The normalized spacial score (nSPS) is 10.8. The fourth-order valence-electron chi connectivity index (χ4n) is 1.94. The first kappa shape index (κ1) is 11.9. The summed E-state index contributed by atoms with van der Waals surface area (Å²) in [5.41, 5.74) is 2.28. The highest BCUT2D eigenvalue weighted by molar-refractivity contribution is 7.18. The second-order valence-electron chi connectivity index (χ2n) is 4.26. The molecule has 1 aromatic carbocycles. The number of anilines is 1. The van der Waals surface area contributed by atoms with Gasteiger partial charge in [0.25, 0.3) is 5.91 Å². The van der Waals surface area contributed by atoms with Crippen LogP contribution in [0.25, 0.3) is 10.2 Å². The number of nitrogens with one attached hydrogen (secondary N) is 1. The van der Waals surface area contributed by atoms with Crippen LogP contribution in [0.15, 0.2) is 34.9 Å². The molecule has 3 aromatic rings. The van der Waals surface area contributed by atoms with Crippen LogP contribution in [-0.4, -0.2) is 10.9 Å². The van der Waals surface area contributed by atoms with Crippen LogP contribution in [0.3, 0.4) is 0 Å². The quantitative estimate of drug-likeness (QED) is 0.772. The number of benzene rings is 1. The largest absolute Gasteiger partial charge is 0.469 e. The molecule has 2 aromatic heterocycles. The van der Waals surface area contributed by atoms with Crippen LogP contribution in [0.4, 0.5) is 5.69 Å². The summed E-state index contributed by atoms with van der Waals surface area (Å²) >= 11 is 1.61. The molecule has 5 heteroatoms. The molecule has 0 atom stereocenters. The average Bonchev–Trinajstić information content (AvgIpc) is 2.93. The molecule has 0 spiro atoms. The number of thiazole rings is 1. The van der Waals surface area contributed by atoms with Crippen molar-refractivity contribution in [1.82, 2.24) is 4.98 Å². The molecular weight excluding hydrogens is 260 g/mol. The fourth-order valence-corrected chi connectivity index (χ4v) is 2.80. The molecule has 0 unspecified atom stereocenters. The Balaban J connectivity index is 1.89. The number of furan rings is 1. The van der Waals surface area contributed by atoms with Gasteiger partial charge in [0.2, 0.25) is 0 Å². The molecule has 0 radical (unpaired) electrons. The summed E-state index contributed by atoms with van der Waals surface area (Å²) in [6.07, 6.45) is 1.51. The molecule has 0 fully saturated rings. The van der Waals surface area contributed by atoms with Crippen LogP contribution in [0.5, 0.6) is 0 Å². The number of amides is 1. The van der Waals surface area contributed by atoms with E-state index in [-0.39, 0.29) is 5.91 Å². The third kappa shape index (κ3) is 2.24. The minimum absolute atomic E-state index is 0.160. The minimum atomic E-state index is -0.160. The highest BCUT2D eigenvalue weighted by Crippen LogP contribution is 2.25. The van der Waals surface area contributed by atoms with E-state index in [1.165, 1.54) is 6.26 Å². The molecule has 2 heterocycles. The summed E-state index contributed by atoms with van der Waals surface area (Å²) in [5.74, 6) is 0.457. The van der Waals surface area contributed by atoms with E-state index >= 15 is 0 Å². The molecule has 4 nitrogen and oxygen atoms in total. The van der Waals surface area contributed by atoms with E-state index in [1.54, 1.807) is 24.3 Å². The van der Waals surface area contributed by atoms with Crippen molar-refractivity contribution in [1.29, 1.82) is 0 Å². The monoisotopic (exact) mass is 272 g/mol. The lowest BCUT2D eigenvalue weighted by Gasteiger charge is -2.03. The van der Waals surface area contributed by atoms with Crippen LogP contribution >= 0.6 is 11.3 Å². The Bertz CT molecular complexity index is 758. The number of rotatable bonds is 2. The van der Waals surface area contributed by atoms with Crippen molar-refractivity contribution in [3.05, 3.63) is 46.9 Å². The zero-order chi connectivity index (χ0) is 13.4. The predicted molar refractivity (Wildman–Crippen MR) is 75.8 cm³/mol. The van der Waals surface area contributed by atoms with Crippen LogP contribution in [0.2, 0.25) is 0 Å². The molecule has 0 bridgehead atoms. The van der Waals surface area contributed by atoms with Gasteiger partial charge in [-0.05, 0) is 38.1 Å². The molecule has 1 amide bonds. The van der Waals surface area contributed by atoms with Crippen LogP contribution < -0.4 is 5.32 Å². The highest BCUT2D eigenvalue weighted by atomic mass is 32.1. The second kappa shape index (κ2) is 4.51. The zero-order valence-electron chi connectivity index (χ0n) is 10.6. The Morgan fingerprint density at radius 2 is 2.16 bits per heavy atom. The van der Waals surface area contributed by atoms with Crippen molar-refractivity contribution in [2.45, 2.75) is 13.8 Å². The summed E-state index contributed by atoms with van der Waals surface area (Å²) in [4.78, 5) is 16.4. The second-order valence-corrected chi connectivity index (χ2v) is 5.49. The van der Waals surface area contributed by atoms with Gasteiger partial charge in [-0.15, -0.1) is 11.3 Å². The van der Waals surface area contributed by atoms with Crippen LogP contribution in [-0.2, 0) is 0 Å². The summed E-state index contributed by atoms with van der Waals surface area (Å²) in [6.45, 7) is 3.74. The molecule has 1 N–H and O–H groups in total. The van der Waals surface area contributed by atoms with E-state index in [4.69, 9.17) is 4.42 Å². The van der Waals surface area contributed by atoms with Gasteiger partial charge in [-0.3, -0.25) is 4.79 Å². The fraction of sp³-hybridized carbons (Fsp3) is 0.143. The summed E-state index contributed by atoms with van der Waals surface area (Å²) < 4.78 is 6.20. The average molecular weight is 272 g/mol. The van der Waals surface area contributed by atoms with Crippen molar-refractivity contribution in [3.63, 3.8) is 0 Å². The third-order valence-corrected chi connectivity index (χ3v) is 3.79. The summed E-state index contributed by atoms with van der Waals surface area (Å²) in [5, 5.41) is 3.88. The van der Waals surface area contributed by atoms with E-state index in [9.17, 15) is 4.79 Å². The zero-order valence-corrected chi connectivity index (χ0v) is 11.4. The number of aromatic nitrogens is 1. The smallest absolute Gasteiger partial charge is 0.259 e. The summed E-state index contributed by atoms with van der Waals surface area (Å²) in [6, 6.07) is 7.37. The number of fused-ring (bicyclic) bond motifs is 1. The van der Waals surface area contributed by atoms with Gasteiger partial charge in [0.05, 0.1) is 27.1 Å². The van der Waals surface area contributed by atoms with Crippen molar-refractivity contribution >= 4 is 33.1 Å². The molecule has 0 aliphatic carbocycles. The van der Waals surface area contributed by atoms with Gasteiger partial charge in [-0.2, -0.15) is 0 Å². The Hall–Kier alpha value is -2.14. The van der Waals surface area contributed by atoms with Crippen molar-refractivity contribution in [2.75, 3.05) is 5.32 Å². The number of hydrogen-bond donors (Lipinski definition) is 1. The molecule has 96 valence electrons. The Morgan fingerprint density at radius 1 is 1.32 bits per heavy atom. The van der Waals surface area contributed by atoms with E-state index < -0.39 is 0 Å². The third-order valence-electron chi connectivity index (χ3n) is 2.86. The van der Waals surface area contributed by atoms with Gasteiger partial charge in [-0.1, -0.05) is 0 Å². The minimum Gasteiger partial charge on any atom is -0.469 e. The molecule has 0 saturated heterocycles. The van der Waals surface area contributed by atoms with E-state index in [0.29, 0.717) is 11.3 Å². The van der Waals surface area contributed by atoms with E-state index in [1.807, 2.05) is 25.1 Å². The van der Waals surface area contributed by atoms with Gasteiger partial charge in [0, 0.05) is 5.69 Å². The predicted octanol–water partition coefficient (Wildman–Crippen LogP) is 3.76. The molecule has 0 aliphatic rings. The number of carbonyl (C=O) groups is 1. The topological polar surface area (TPSA) is 55.1 Å². The van der Waals surface area contributed by atoms with Crippen molar-refractivity contribution < 1.29 is 9.21 Å². The maximum Gasteiger partial charge on any atom is 0.259 e. The van der Waals surface area contributed by atoms with E-state index in [0.717, 1.165) is 20.9 Å². The van der Waals surface area contributed by atoms with Crippen LogP contribution in [0.1, 0.15) is 21.1 Å². The lowest BCUT2D eigenvalue weighted by atomic mass is 10.2. The maximum absolute atomic E-state index is 12.1. The van der Waals surface area contributed by atoms with Crippen LogP contribution in [0, 0.1) is 13.8 Å². The molecule has 3 rings (SSSR count). The molecule has 19 heavy (non-hydrogen) atoms. The Labute approximate surface area is 114 Å². The van der Waals surface area contributed by atoms with Gasteiger partial charge >= 0.3 is 0 Å². The van der Waals surface area contributed by atoms with Gasteiger partial charge in [0.1, 0.15) is 5.76 Å². The number of nitrogens with zero attached hydrogens (tertiary/aromatic N) is 1. The molecule has 0 aliphatic heterocycles. The van der Waals surface area contributed by atoms with Crippen molar-refractivity contribution in [3.8, 4) is 0 Å². The van der Waals surface area contributed by atoms with Gasteiger partial charge in [0.15, 0.2) is 0 Å². The summed E-state index contributed by atoms with van der Waals surface area (Å²) in [7, 11) is 0. The SMILES string of the molecule is Cc1nc2ccc(NC(=O)c3ccoc3C)cc2s1. The lowest BCUT2D eigenvalue weighted by Crippen LogP contribution is -2.11. The lowest BCUT2D eigenvalue weighted by molar-refractivity contribution is 0.102. The first-order chi connectivity index (χ1) is 9.13. The Morgan fingerprint density at radius 3 is 2.89 bits per heavy atom. The number of carbonyl (C=O) groups excluding carboxylic acids is 1. The number of hydrogen-bond acceptors (Lipinski definition) is 4. The van der Waals surface area contributed by atoms with Gasteiger partial charge < -0.3 is 9.73 Å². The molecular formula is C14H12N2O2S. The van der Waals surface area contributed by atoms with Gasteiger partial charge in [-0.25, -0.2) is 4.98 Å². The molecule has 0 saturated carbocycles. The Kier molecular flexibility index (Phi) is 2.83.